The lowest BCUT2D eigenvalue weighted by molar-refractivity contribution is -0.113. The van der Waals surface area contributed by atoms with Crippen LogP contribution in [-0.4, -0.2) is 22.8 Å². The van der Waals surface area contributed by atoms with E-state index in [1.807, 2.05) is 6.92 Å². The summed E-state index contributed by atoms with van der Waals surface area (Å²) in [7, 11) is 0. The molecular formula is C24H17BrCl2N2O3S. The highest BCUT2D eigenvalue weighted by atomic mass is 79.9. The Morgan fingerprint density at radius 3 is 2.36 bits per heavy atom. The molecule has 1 aliphatic heterocycles. The Bertz CT molecular complexity index is 1260. The number of benzene rings is 3. The zero-order chi connectivity index (χ0) is 23.5. The van der Waals surface area contributed by atoms with Crippen LogP contribution in [0.5, 0.6) is 11.5 Å². The Morgan fingerprint density at radius 1 is 1.09 bits per heavy atom. The van der Waals surface area contributed by atoms with Gasteiger partial charge in [0.05, 0.1) is 27.4 Å². The molecule has 5 nitrogen and oxygen atoms in total. The third-order valence-corrected chi connectivity index (χ3v) is 6.67. The van der Waals surface area contributed by atoms with Crippen LogP contribution < -0.4 is 9.64 Å². The standard InChI is InChI=1S/C24H17BrCl2N2O3S/c1-2-32-20-12-14(11-19(25)22(20)30)13-21-23(31)29(18-9-5-16(27)6-10-18)24(33-21)28-17-7-3-15(26)4-8-17/h3-13,30H,2H2,1H3/b21-13-,28-24?. The molecular weight excluding hydrogens is 547 g/mol. The van der Waals surface area contributed by atoms with Crippen molar-refractivity contribution in [2.45, 2.75) is 6.92 Å². The van der Waals surface area contributed by atoms with Crippen LogP contribution in [0, 0.1) is 0 Å². The molecule has 0 aromatic heterocycles. The molecule has 1 aliphatic rings. The number of amides is 1. The van der Waals surface area contributed by atoms with Crippen LogP contribution in [0.15, 0.2) is 75.0 Å². The average molecular weight is 564 g/mol. The van der Waals surface area contributed by atoms with Gasteiger partial charge < -0.3 is 9.84 Å². The van der Waals surface area contributed by atoms with Gasteiger partial charge in [-0.15, -0.1) is 0 Å². The maximum Gasteiger partial charge on any atom is 0.271 e. The number of rotatable bonds is 5. The SMILES string of the molecule is CCOc1cc(/C=C2\SC(=Nc3ccc(Cl)cc3)N(c3ccc(Cl)cc3)C2=O)cc(Br)c1O. The molecule has 0 spiro atoms. The van der Waals surface area contributed by atoms with Gasteiger partial charge in [-0.1, -0.05) is 23.2 Å². The first-order valence-electron chi connectivity index (χ1n) is 9.85. The van der Waals surface area contributed by atoms with Gasteiger partial charge in [0.25, 0.3) is 5.91 Å². The number of carbonyl (C=O) groups excluding carboxylic acids is 1. The van der Waals surface area contributed by atoms with Gasteiger partial charge in [-0.25, -0.2) is 4.99 Å². The molecule has 1 N–H and O–H groups in total. The van der Waals surface area contributed by atoms with Gasteiger partial charge in [0, 0.05) is 10.0 Å². The van der Waals surface area contributed by atoms with E-state index in [0.717, 1.165) is 0 Å². The van der Waals surface area contributed by atoms with E-state index >= 15 is 0 Å². The molecule has 3 aromatic rings. The second-order valence-electron chi connectivity index (χ2n) is 6.88. The molecule has 1 heterocycles. The van der Waals surface area contributed by atoms with E-state index in [-0.39, 0.29) is 11.7 Å². The van der Waals surface area contributed by atoms with Gasteiger partial charge >= 0.3 is 0 Å². The number of carbonyl (C=O) groups is 1. The van der Waals surface area contributed by atoms with Crippen molar-refractivity contribution in [1.29, 1.82) is 0 Å². The Morgan fingerprint density at radius 2 is 1.73 bits per heavy atom. The summed E-state index contributed by atoms with van der Waals surface area (Å²) >= 11 is 16.6. The minimum absolute atomic E-state index is 0.0113. The van der Waals surface area contributed by atoms with Crippen LogP contribution in [0.25, 0.3) is 6.08 Å². The molecule has 4 rings (SSSR count). The maximum atomic E-state index is 13.4. The number of phenolic OH excluding ortho intramolecular Hbond substituents is 1. The fourth-order valence-corrected chi connectivity index (χ4v) is 4.80. The molecule has 0 radical (unpaired) electrons. The molecule has 1 saturated heterocycles. The third kappa shape index (κ3) is 5.38. The number of hydrogen-bond acceptors (Lipinski definition) is 5. The molecule has 168 valence electrons. The van der Waals surface area contributed by atoms with Crippen LogP contribution in [0.1, 0.15) is 12.5 Å². The predicted octanol–water partition coefficient (Wildman–Crippen LogP) is 7.67. The molecule has 0 aliphatic carbocycles. The first-order chi connectivity index (χ1) is 15.9. The molecule has 1 amide bonds. The first kappa shape index (κ1) is 23.7. The Labute approximate surface area is 213 Å². The van der Waals surface area contributed by atoms with E-state index < -0.39 is 0 Å². The Kier molecular flexibility index (Phi) is 7.34. The van der Waals surface area contributed by atoms with Crippen molar-refractivity contribution in [2.75, 3.05) is 11.5 Å². The van der Waals surface area contributed by atoms with E-state index in [1.54, 1.807) is 71.6 Å². The summed E-state index contributed by atoms with van der Waals surface area (Å²) in [4.78, 5) is 20.1. The second kappa shape index (κ2) is 10.2. The number of phenols is 1. The Balaban J connectivity index is 1.77. The zero-order valence-electron chi connectivity index (χ0n) is 17.3. The highest BCUT2D eigenvalue weighted by Crippen LogP contribution is 2.40. The molecule has 3 aromatic carbocycles. The maximum absolute atomic E-state index is 13.4. The highest BCUT2D eigenvalue weighted by Gasteiger charge is 2.35. The van der Waals surface area contributed by atoms with Gasteiger partial charge in [-0.3, -0.25) is 9.69 Å². The van der Waals surface area contributed by atoms with Gasteiger partial charge in [-0.2, -0.15) is 0 Å². The van der Waals surface area contributed by atoms with Crippen molar-refractivity contribution < 1.29 is 14.6 Å². The summed E-state index contributed by atoms with van der Waals surface area (Å²) in [5.74, 6) is 0.119. The fraction of sp³-hybridized carbons (Fsp3) is 0.0833. The van der Waals surface area contributed by atoms with E-state index in [9.17, 15) is 9.90 Å². The second-order valence-corrected chi connectivity index (χ2v) is 9.62. The number of anilines is 1. The van der Waals surface area contributed by atoms with Gasteiger partial charge in [0.15, 0.2) is 16.7 Å². The summed E-state index contributed by atoms with van der Waals surface area (Å²) in [5, 5.41) is 11.9. The van der Waals surface area contributed by atoms with Gasteiger partial charge in [-0.05, 0) is 107 Å². The fourth-order valence-electron chi connectivity index (χ4n) is 3.09. The van der Waals surface area contributed by atoms with Crippen LogP contribution in [0.3, 0.4) is 0 Å². The van der Waals surface area contributed by atoms with Crippen molar-refractivity contribution in [1.82, 2.24) is 0 Å². The minimum atomic E-state index is -0.225. The van der Waals surface area contributed by atoms with Crippen molar-refractivity contribution in [3.8, 4) is 11.5 Å². The van der Waals surface area contributed by atoms with Gasteiger partial charge in [0.2, 0.25) is 0 Å². The number of hydrogen-bond donors (Lipinski definition) is 1. The van der Waals surface area contributed by atoms with Crippen molar-refractivity contribution in [3.05, 3.63) is 85.7 Å². The van der Waals surface area contributed by atoms with E-state index in [2.05, 4.69) is 20.9 Å². The minimum Gasteiger partial charge on any atom is -0.503 e. The number of halogens is 3. The topological polar surface area (TPSA) is 62.1 Å². The lowest BCUT2D eigenvalue weighted by Crippen LogP contribution is -2.28. The van der Waals surface area contributed by atoms with Crippen LogP contribution in [-0.2, 0) is 4.79 Å². The van der Waals surface area contributed by atoms with Crippen molar-refractivity contribution in [2.24, 2.45) is 4.99 Å². The summed E-state index contributed by atoms with van der Waals surface area (Å²) in [6.07, 6.45) is 1.74. The molecule has 0 bridgehead atoms. The quantitative estimate of drug-likeness (QED) is 0.323. The lowest BCUT2D eigenvalue weighted by atomic mass is 10.2. The number of nitrogens with zero attached hydrogens (tertiary/aromatic N) is 2. The van der Waals surface area contributed by atoms with Crippen LogP contribution >= 0.6 is 50.9 Å². The summed E-state index contributed by atoms with van der Waals surface area (Å²) in [6, 6.07) is 17.5. The smallest absolute Gasteiger partial charge is 0.271 e. The number of amidine groups is 1. The van der Waals surface area contributed by atoms with Crippen molar-refractivity contribution >= 4 is 79.4 Å². The summed E-state index contributed by atoms with van der Waals surface area (Å²) < 4.78 is 5.97. The monoisotopic (exact) mass is 562 g/mol. The molecule has 9 heteroatoms. The van der Waals surface area contributed by atoms with E-state index in [1.165, 1.54) is 11.8 Å². The largest absolute Gasteiger partial charge is 0.503 e. The molecule has 0 unspecified atom stereocenters. The number of aromatic hydroxyl groups is 1. The average Bonchev–Trinajstić information content (AvgIpc) is 3.08. The summed E-state index contributed by atoms with van der Waals surface area (Å²) in [5.41, 5.74) is 2.01. The van der Waals surface area contributed by atoms with Crippen LogP contribution in [0.2, 0.25) is 10.0 Å². The third-order valence-electron chi connectivity index (χ3n) is 4.59. The summed E-state index contributed by atoms with van der Waals surface area (Å²) in [6.45, 7) is 2.23. The van der Waals surface area contributed by atoms with Crippen molar-refractivity contribution in [3.63, 3.8) is 0 Å². The molecule has 1 fully saturated rings. The Hall–Kier alpha value is -2.45. The number of thioether (sulfide) groups is 1. The number of ether oxygens (including phenoxy) is 1. The zero-order valence-corrected chi connectivity index (χ0v) is 21.2. The normalized spacial score (nSPS) is 16.1. The molecule has 0 saturated carbocycles. The van der Waals surface area contributed by atoms with E-state index in [4.69, 9.17) is 27.9 Å². The molecule has 0 atom stereocenters. The molecule has 33 heavy (non-hydrogen) atoms. The predicted molar refractivity (Wildman–Crippen MR) is 140 cm³/mol. The lowest BCUT2D eigenvalue weighted by Gasteiger charge is -2.15. The van der Waals surface area contributed by atoms with Gasteiger partial charge in [0.1, 0.15) is 0 Å². The number of aliphatic imine (C=N–C) groups is 1. The highest BCUT2D eigenvalue weighted by molar-refractivity contribution is 9.10. The first-order valence-corrected chi connectivity index (χ1v) is 12.2. The van der Waals surface area contributed by atoms with Crippen LogP contribution in [0.4, 0.5) is 11.4 Å². The van der Waals surface area contributed by atoms with E-state index in [0.29, 0.717) is 53.9 Å².